The third-order valence-electron chi connectivity index (χ3n) is 4.61. The summed E-state index contributed by atoms with van der Waals surface area (Å²) in [5.41, 5.74) is 3.01. The van der Waals surface area contributed by atoms with Crippen molar-refractivity contribution < 1.29 is 9.32 Å². The monoisotopic (exact) mass is 364 g/mol. The highest BCUT2D eigenvalue weighted by molar-refractivity contribution is 8.00. The molecule has 0 radical (unpaired) electrons. The van der Waals surface area contributed by atoms with Crippen LogP contribution in [0.1, 0.15) is 29.5 Å². The highest BCUT2D eigenvalue weighted by Crippen LogP contribution is 2.38. The van der Waals surface area contributed by atoms with E-state index in [-0.39, 0.29) is 5.91 Å². The van der Waals surface area contributed by atoms with E-state index < -0.39 is 0 Å². The number of fused-ring (bicyclic) bond motifs is 1. The Balaban J connectivity index is 1.79. The number of aryl methyl sites for hydroxylation is 1. The van der Waals surface area contributed by atoms with Gasteiger partial charge in [-0.1, -0.05) is 54.5 Å². The Bertz CT molecular complexity index is 936. The van der Waals surface area contributed by atoms with Gasteiger partial charge in [0.25, 0.3) is 5.91 Å². The van der Waals surface area contributed by atoms with Crippen molar-refractivity contribution in [3.05, 3.63) is 65.9 Å². The lowest BCUT2D eigenvalue weighted by atomic mass is 10.0. The maximum atomic E-state index is 13.5. The van der Waals surface area contributed by atoms with Gasteiger partial charge in [0.2, 0.25) is 0 Å². The Kier molecular flexibility index (Phi) is 4.55. The van der Waals surface area contributed by atoms with Crippen LogP contribution in [0.4, 0.5) is 5.69 Å². The zero-order valence-electron chi connectivity index (χ0n) is 14.8. The van der Waals surface area contributed by atoms with Gasteiger partial charge in [-0.05, 0) is 25.5 Å². The SMILES string of the molecule is Cc1onc(-c2ccccc2)c1C(=O)N1CC[C@@H](C)Sc2ccccc21. The Hall–Kier alpha value is -2.53. The molecular weight excluding hydrogens is 344 g/mol. The Morgan fingerprint density at radius 2 is 1.88 bits per heavy atom. The summed E-state index contributed by atoms with van der Waals surface area (Å²) in [4.78, 5) is 16.5. The zero-order valence-corrected chi connectivity index (χ0v) is 15.6. The fourth-order valence-corrected chi connectivity index (χ4v) is 4.36. The van der Waals surface area contributed by atoms with Gasteiger partial charge in [0.1, 0.15) is 17.0 Å². The van der Waals surface area contributed by atoms with Crippen LogP contribution in [0.15, 0.2) is 64.0 Å². The molecule has 1 aliphatic rings. The van der Waals surface area contributed by atoms with E-state index >= 15 is 0 Å². The van der Waals surface area contributed by atoms with Crippen molar-refractivity contribution in [3.63, 3.8) is 0 Å². The van der Waals surface area contributed by atoms with Crippen LogP contribution in [0.25, 0.3) is 11.3 Å². The van der Waals surface area contributed by atoms with Crippen LogP contribution in [0.3, 0.4) is 0 Å². The lowest BCUT2D eigenvalue weighted by Crippen LogP contribution is -2.32. The average molecular weight is 364 g/mol. The van der Waals surface area contributed by atoms with Crippen molar-refractivity contribution in [1.29, 1.82) is 0 Å². The molecule has 4 rings (SSSR count). The van der Waals surface area contributed by atoms with Gasteiger partial charge < -0.3 is 9.42 Å². The van der Waals surface area contributed by atoms with E-state index in [1.807, 2.05) is 65.2 Å². The van der Waals surface area contributed by atoms with Crippen molar-refractivity contribution in [2.75, 3.05) is 11.4 Å². The quantitative estimate of drug-likeness (QED) is 0.628. The third-order valence-corrected chi connectivity index (χ3v) is 5.85. The molecule has 1 aromatic heterocycles. The Morgan fingerprint density at radius 1 is 1.15 bits per heavy atom. The van der Waals surface area contributed by atoms with Crippen molar-refractivity contribution in [2.45, 2.75) is 30.4 Å². The second-order valence-electron chi connectivity index (χ2n) is 6.47. The number of carbonyl (C=O) groups is 1. The number of hydrogen-bond donors (Lipinski definition) is 0. The lowest BCUT2D eigenvalue weighted by Gasteiger charge is -2.22. The van der Waals surface area contributed by atoms with Gasteiger partial charge in [0, 0.05) is 22.3 Å². The molecule has 1 amide bonds. The normalized spacial score (nSPS) is 16.8. The number of hydrogen-bond acceptors (Lipinski definition) is 4. The fourth-order valence-electron chi connectivity index (χ4n) is 3.25. The number of benzene rings is 2. The molecule has 2 heterocycles. The molecule has 5 heteroatoms. The van der Waals surface area contributed by atoms with Crippen molar-refractivity contribution in [1.82, 2.24) is 5.16 Å². The van der Waals surface area contributed by atoms with Crippen LogP contribution in [0.5, 0.6) is 0 Å². The topological polar surface area (TPSA) is 46.3 Å². The average Bonchev–Trinajstić information content (AvgIpc) is 2.96. The summed E-state index contributed by atoms with van der Waals surface area (Å²) in [6, 6.07) is 17.8. The third kappa shape index (κ3) is 3.03. The lowest BCUT2D eigenvalue weighted by molar-refractivity contribution is 0.0985. The number of carbonyl (C=O) groups excluding carboxylic acids is 1. The van der Waals surface area contributed by atoms with Crippen LogP contribution < -0.4 is 4.90 Å². The number of para-hydroxylation sites is 1. The smallest absolute Gasteiger partial charge is 0.264 e. The van der Waals surface area contributed by atoms with Gasteiger partial charge in [0.15, 0.2) is 0 Å². The minimum Gasteiger partial charge on any atom is -0.360 e. The van der Waals surface area contributed by atoms with Gasteiger partial charge in [-0.3, -0.25) is 4.79 Å². The minimum atomic E-state index is -0.0512. The summed E-state index contributed by atoms with van der Waals surface area (Å²) in [6.07, 6.45) is 0.941. The van der Waals surface area contributed by atoms with Crippen molar-refractivity contribution in [2.24, 2.45) is 0 Å². The van der Waals surface area contributed by atoms with Gasteiger partial charge in [-0.25, -0.2) is 0 Å². The first-order chi connectivity index (χ1) is 12.6. The van der Waals surface area contributed by atoms with E-state index in [2.05, 4.69) is 18.1 Å². The molecule has 0 N–H and O–H groups in total. The summed E-state index contributed by atoms with van der Waals surface area (Å²) in [7, 11) is 0. The first kappa shape index (κ1) is 16.9. The summed E-state index contributed by atoms with van der Waals surface area (Å²) in [6.45, 7) is 4.69. The van der Waals surface area contributed by atoms with Crippen LogP contribution in [0.2, 0.25) is 0 Å². The molecule has 26 heavy (non-hydrogen) atoms. The molecule has 0 spiro atoms. The van der Waals surface area contributed by atoms with E-state index in [0.717, 1.165) is 22.6 Å². The summed E-state index contributed by atoms with van der Waals surface area (Å²) >= 11 is 1.82. The molecule has 1 atom stereocenters. The van der Waals surface area contributed by atoms with E-state index in [1.54, 1.807) is 6.92 Å². The Labute approximate surface area is 157 Å². The van der Waals surface area contributed by atoms with Gasteiger partial charge in [-0.15, -0.1) is 11.8 Å². The maximum absolute atomic E-state index is 13.5. The first-order valence-electron chi connectivity index (χ1n) is 8.74. The number of anilines is 1. The maximum Gasteiger partial charge on any atom is 0.264 e. The molecule has 0 saturated carbocycles. The highest BCUT2D eigenvalue weighted by Gasteiger charge is 2.30. The summed E-state index contributed by atoms with van der Waals surface area (Å²) in [5.74, 6) is 0.501. The number of amides is 1. The van der Waals surface area contributed by atoms with Crippen LogP contribution >= 0.6 is 11.8 Å². The largest absolute Gasteiger partial charge is 0.360 e. The number of nitrogens with zero attached hydrogens (tertiary/aromatic N) is 2. The molecule has 3 aromatic rings. The first-order valence-corrected chi connectivity index (χ1v) is 9.62. The Morgan fingerprint density at radius 3 is 2.69 bits per heavy atom. The minimum absolute atomic E-state index is 0.0512. The van der Waals surface area contributed by atoms with Crippen molar-refractivity contribution >= 4 is 23.4 Å². The standard InChI is InChI=1S/C21H20N2O2S/c1-14-12-13-23(17-10-6-7-11-18(17)26-14)21(24)19-15(2)25-22-20(19)16-8-4-3-5-9-16/h3-11,14H,12-13H2,1-2H3/t14-/m1/s1. The predicted octanol–water partition coefficient (Wildman–Crippen LogP) is 5.18. The van der Waals surface area contributed by atoms with Crippen LogP contribution in [0, 0.1) is 6.92 Å². The van der Waals surface area contributed by atoms with E-state index in [9.17, 15) is 4.79 Å². The fraction of sp³-hybridized carbons (Fsp3) is 0.238. The van der Waals surface area contributed by atoms with Crippen molar-refractivity contribution in [3.8, 4) is 11.3 Å². The molecule has 0 saturated heterocycles. The molecule has 0 unspecified atom stereocenters. The summed E-state index contributed by atoms with van der Waals surface area (Å²) < 4.78 is 5.40. The van der Waals surface area contributed by atoms with E-state index in [4.69, 9.17) is 4.52 Å². The molecule has 1 aliphatic heterocycles. The molecular formula is C21H20N2O2S. The van der Waals surface area contributed by atoms with E-state index in [1.165, 1.54) is 0 Å². The number of thioether (sulfide) groups is 1. The number of aromatic nitrogens is 1. The molecule has 0 aliphatic carbocycles. The van der Waals surface area contributed by atoms with Crippen LogP contribution in [-0.2, 0) is 0 Å². The second kappa shape index (κ2) is 7.00. The highest BCUT2D eigenvalue weighted by atomic mass is 32.2. The molecule has 0 bridgehead atoms. The molecule has 4 nitrogen and oxygen atoms in total. The van der Waals surface area contributed by atoms with E-state index in [0.29, 0.717) is 28.8 Å². The predicted molar refractivity (Wildman–Crippen MR) is 105 cm³/mol. The van der Waals surface area contributed by atoms with Gasteiger partial charge >= 0.3 is 0 Å². The zero-order chi connectivity index (χ0) is 18.1. The molecule has 0 fully saturated rings. The summed E-state index contributed by atoms with van der Waals surface area (Å²) in [5, 5.41) is 4.63. The number of rotatable bonds is 2. The molecule has 2 aromatic carbocycles. The van der Waals surface area contributed by atoms with Gasteiger partial charge in [0.05, 0.1) is 5.69 Å². The van der Waals surface area contributed by atoms with Crippen LogP contribution in [-0.4, -0.2) is 22.9 Å². The molecule has 132 valence electrons. The second-order valence-corrected chi connectivity index (χ2v) is 7.95. The van der Waals surface area contributed by atoms with Gasteiger partial charge in [-0.2, -0.15) is 0 Å².